The van der Waals surface area contributed by atoms with E-state index in [1.165, 1.54) is 270 Å². The second kappa shape index (κ2) is 76.3. The zero-order valence-electron chi connectivity index (χ0n) is 75.2. The first kappa shape index (κ1) is 109. The van der Waals surface area contributed by atoms with E-state index in [1.807, 2.05) is 0 Å². The number of rotatable bonds is 85. The molecular weight excluding hydrogens is 1360 g/mol. The number of unbranched alkanes of at least 4 members (excludes halogenated alkanes) is 50. The number of carboxylic acid groups (broad SMARTS) is 5. The second-order valence-electron chi connectivity index (χ2n) is 38.5. The van der Waals surface area contributed by atoms with Crippen LogP contribution in [0.5, 0.6) is 0 Å². The molecule has 5 atom stereocenters. The van der Waals surface area contributed by atoms with E-state index in [0.717, 1.165) is 152 Å². The van der Waals surface area contributed by atoms with Crippen molar-refractivity contribution in [3.63, 3.8) is 0 Å². The molecule has 10 nitrogen and oxygen atoms in total. The minimum Gasteiger partial charge on any atom is -0.481 e. The van der Waals surface area contributed by atoms with Crippen molar-refractivity contribution in [1.82, 2.24) is 0 Å². The monoisotopic (exact) mass is 1550 g/mol. The minimum absolute atomic E-state index is 0.129. The van der Waals surface area contributed by atoms with Crippen LogP contribution in [0.4, 0.5) is 0 Å². The Kier molecular flexibility index (Phi) is 75.9. The molecule has 651 valence electrons. The summed E-state index contributed by atoms with van der Waals surface area (Å²) in [5.74, 6) is -3.99. The van der Waals surface area contributed by atoms with Gasteiger partial charge in [-0.05, 0) is 125 Å². The molecule has 10 heteroatoms. The van der Waals surface area contributed by atoms with Gasteiger partial charge in [-0.25, -0.2) is 0 Å². The van der Waals surface area contributed by atoms with Crippen LogP contribution >= 0.6 is 0 Å². The van der Waals surface area contributed by atoms with Gasteiger partial charge in [-0.1, -0.05) is 454 Å². The lowest BCUT2D eigenvalue weighted by Crippen LogP contribution is -2.38. The van der Waals surface area contributed by atoms with Crippen LogP contribution in [-0.2, 0) is 24.0 Å². The molecule has 0 fully saturated rings. The molecule has 0 heterocycles. The first-order valence-corrected chi connectivity index (χ1v) is 48.3. The summed E-state index contributed by atoms with van der Waals surface area (Å²) in [6.07, 6.45) is 75.6. The van der Waals surface area contributed by atoms with Crippen molar-refractivity contribution in [2.75, 3.05) is 0 Å². The van der Waals surface area contributed by atoms with Crippen molar-refractivity contribution in [2.24, 2.45) is 70.0 Å². The van der Waals surface area contributed by atoms with Gasteiger partial charge in [0.15, 0.2) is 0 Å². The van der Waals surface area contributed by atoms with E-state index in [4.69, 9.17) is 0 Å². The number of aliphatic carboxylic acids is 5. The number of carbonyl (C=O) groups is 5. The highest BCUT2D eigenvalue weighted by Gasteiger charge is 2.44. The second-order valence-corrected chi connectivity index (χ2v) is 38.5. The lowest BCUT2D eigenvalue weighted by atomic mass is 9.62. The molecule has 0 aliphatic carbocycles. The van der Waals surface area contributed by atoms with Crippen LogP contribution < -0.4 is 0 Å². The molecule has 0 rings (SSSR count). The number of hydrogen-bond donors (Lipinski definition) is 5. The van der Waals surface area contributed by atoms with Gasteiger partial charge < -0.3 is 25.5 Å². The highest BCUT2D eigenvalue weighted by molar-refractivity contribution is 5.73. The van der Waals surface area contributed by atoms with E-state index >= 15 is 0 Å². The average Bonchev–Trinajstić information content (AvgIpc) is 0.803. The van der Waals surface area contributed by atoms with Gasteiger partial charge >= 0.3 is 29.8 Å². The summed E-state index contributed by atoms with van der Waals surface area (Å²) >= 11 is 0. The Morgan fingerprint density at radius 3 is 0.382 bits per heavy atom. The zero-order chi connectivity index (χ0) is 82.2. The Labute approximate surface area is 685 Å². The molecule has 5 unspecified atom stereocenters. The van der Waals surface area contributed by atoms with Gasteiger partial charge in [-0.15, -0.1) is 0 Å². The van der Waals surface area contributed by atoms with E-state index in [0.29, 0.717) is 32.1 Å². The molecule has 0 saturated heterocycles. The first-order chi connectivity index (χ1) is 52.6. The Morgan fingerprint density at radius 1 is 0.182 bits per heavy atom. The smallest absolute Gasteiger partial charge is 0.306 e. The standard InChI is InChI=1S/C77H148O8.C23H43O2/c1-65(2)53-45-37-29-21-13-9-17-25-33-41-49-57-69(73(78)79)61-77(62-70(74(80)81)58-50-42-34-26-18-10-14-22-30-38-46-54-66(3)4,63-71(75(82)83)59-51-43-35-27-19-11-15-23-31-39-47-55-67(5)6)64-72(76(84)85)60-52-44-36-28-20-12-16-24-32-40-48-56-68(7)8;1-20(2)17-15-13-11-9-7-6-8-10-12-14-16-18-21(22(24)25)19-23(3,4)5/h65-72H,9-64H2,1-8H3,(H,78,79)(H,80,81)(H,82,83)(H,84,85);20-21H,3-19H2,1-2H3,(H,24,25). The summed E-state index contributed by atoms with van der Waals surface area (Å²) in [7, 11) is 0. The molecule has 0 amide bonds. The van der Waals surface area contributed by atoms with Gasteiger partial charge in [0.25, 0.3) is 0 Å². The fourth-order valence-corrected chi connectivity index (χ4v) is 17.3. The van der Waals surface area contributed by atoms with E-state index in [1.54, 1.807) is 0 Å². The van der Waals surface area contributed by atoms with Gasteiger partial charge in [0.1, 0.15) is 0 Å². The Morgan fingerprint density at radius 2 is 0.282 bits per heavy atom. The molecule has 0 aliphatic rings. The largest absolute Gasteiger partial charge is 0.481 e. The summed E-state index contributed by atoms with van der Waals surface area (Å²) in [6, 6.07) is 0. The molecule has 3 radical (unpaired) electrons. The lowest BCUT2D eigenvalue weighted by molar-refractivity contribution is -0.148. The quantitative estimate of drug-likeness (QED) is 0.0367. The fraction of sp³-hybridized carbons (Fsp3) is 0.920. The van der Waals surface area contributed by atoms with Crippen molar-refractivity contribution in [1.29, 1.82) is 0 Å². The van der Waals surface area contributed by atoms with E-state index in [9.17, 15) is 49.5 Å². The molecule has 0 saturated carbocycles. The third kappa shape index (κ3) is 76.6. The lowest BCUT2D eigenvalue weighted by Gasteiger charge is -2.41. The van der Waals surface area contributed by atoms with Crippen molar-refractivity contribution in [3.05, 3.63) is 20.8 Å². The predicted octanol–water partition coefficient (Wildman–Crippen LogP) is 32.5. The zero-order valence-corrected chi connectivity index (χ0v) is 75.2. The van der Waals surface area contributed by atoms with Gasteiger partial charge in [-0.2, -0.15) is 0 Å². The average molecular weight is 1550 g/mol. The summed E-state index contributed by atoms with van der Waals surface area (Å²) in [5.41, 5.74) is -1.71. The number of carboxylic acids is 5. The normalized spacial score (nSPS) is 14.0. The van der Waals surface area contributed by atoms with Crippen LogP contribution in [0.15, 0.2) is 0 Å². The van der Waals surface area contributed by atoms with Crippen molar-refractivity contribution < 1.29 is 49.5 Å². The van der Waals surface area contributed by atoms with Crippen LogP contribution in [0.3, 0.4) is 0 Å². The topological polar surface area (TPSA) is 186 Å². The van der Waals surface area contributed by atoms with E-state index in [2.05, 4.69) is 90.0 Å². The molecular formula is C100H191O10. The molecule has 0 aromatic heterocycles. The molecule has 0 bridgehead atoms. The molecule has 0 spiro atoms. The Balaban J connectivity index is 0. The Hall–Kier alpha value is -2.65. The van der Waals surface area contributed by atoms with Crippen molar-refractivity contribution in [2.45, 2.75) is 519 Å². The third-order valence-corrected chi connectivity index (χ3v) is 24.3. The third-order valence-electron chi connectivity index (χ3n) is 24.3. The summed E-state index contributed by atoms with van der Waals surface area (Å²) in [5, 5.41) is 53.5. The van der Waals surface area contributed by atoms with E-state index in [-0.39, 0.29) is 31.6 Å². The van der Waals surface area contributed by atoms with Crippen LogP contribution in [0.25, 0.3) is 0 Å². The van der Waals surface area contributed by atoms with Gasteiger partial charge in [0.2, 0.25) is 0 Å². The van der Waals surface area contributed by atoms with Gasteiger partial charge in [0, 0.05) is 0 Å². The maximum Gasteiger partial charge on any atom is 0.306 e. The molecule has 0 aromatic carbocycles. The van der Waals surface area contributed by atoms with Crippen LogP contribution in [-0.4, -0.2) is 55.4 Å². The Bertz CT molecular complexity index is 1820. The highest BCUT2D eigenvalue weighted by atomic mass is 16.4. The van der Waals surface area contributed by atoms with Gasteiger partial charge in [-0.3, -0.25) is 24.0 Å². The fourth-order valence-electron chi connectivity index (χ4n) is 17.3. The minimum atomic E-state index is -1.06. The summed E-state index contributed by atoms with van der Waals surface area (Å²) in [6.45, 7) is 34.5. The van der Waals surface area contributed by atoms with Crippen molar-refractivity contribution in [3.8, 4) is 0 Å². The SMILES string of the molecule is CC(C)CCCCCCCCCCCCCC(CC(CC(CCCCCCCCCCCCCC(C)C)C(=O)O)(CC(CCCCCCCCCCCCCC(C)C)C(=O)O)CC(CCCCCCCCCCCCCC(C)C)C(=O)O)C(=O)O.[CH2]C([CH2])([CH2])CC(CCCCCCCCCCCCCC(C)C)C(=O)O. The molecule has 0 aliphatic heterocycles. The number of hydrogen-bond acceptors (Lipinski definition) is 5. The van der Waals surface area contributed by atoms with Crippen molar-refractivity contribution >= 4 is 29.8 Å². The highest BCUT2D eigenvalue weighted by Crippen LogP contribution is 2.49. The predicted molar refractivity (Wildman–Crippen MR) is 474 cm³/mol. The summed E-state index contributed by atoms with van der Waals surface area (Å²) < 4.78 is 0. The van der Waals surface area contributed by atoms with E-state index < -0.39 is 64.3 Å². The van der Waals surface area contributed by atoms with Crippen LogP contribution in [0.2, 0.25) is 0 Å². The van der Waals surface area contributed by atoms with Crippen LogP contribution in [0, 0.1) is 90.8 Å². The molecule has 5 N–H and O–H groups in total. The molecule has 110 heavy (non-hydrogen) atoms. The maximum atomic E-state index is 13.5. The van der Waals surface area contributed by atoms with Crippen LogP contribution in [0.1, 0.15) is 519 Å². The molecule has 0 aromatic rings. The summed E-state index contributed by atoms with van der Waals surface area (Å²) in [4.78, 5) is 65.3. The first-order valence-electron chi connectivity index (χ1n) is 48.3. The van der Waals surface area contributed by atoms with Gasteiger partial charge in [0.05, 0.1) is 29.6 Å². The maximum absolute atomic E-state index is 13.5.